The van der Waals surface area contributed by atoms with Crippen molar-refractivity contribution in [2.24, 2.45) is 0 Å². The first-order chi connectivity index (χ1) is 16.6. The Morgan fingerprint density at radius 2 is 1.71 bits per heavy atom. The van der Waals surface area contributed by atoms with Crippen LogP contribution in [0.5, 0.6) is 0 Å². The van der Waals surface area contributed by atoms with Gasteiger partial charge in [0.2, 0.25) is 0 Å². The van der Waals surface area contributed by atoms with Crippen molar-refractivity contribution in [3.63, 3.8) is 0 Å². The summed E-state index contributed by atoms with van der Waals surface area (Å²) in [4.78, 5) is 24.5. The summed E-state index contributed by atoms with van der Waals surface area (Å²) in [6, 6.07) is 25.4. The fourth-order valence-electron chi connectivity index (χ4n) is 4.50. The van der Waals surface area contributed by atoms with Crippen LogP contribution in [-0.4, -0.2) is 32.9 Å². The van der Waals surface area contributed by atoms with Gasteiger partial charge in [-0.3, -0.25) is 4.79 Å². The molecule has 1 amide bonds. The third-order valence-electron chi connectivity index (χ3n) is 6.61. The molecule has 2 aliphatic rings. The number of hydrogen-bond acceptors (Lipinski definition) is 4. The van der Waals surface area contributed by atoms with E-state index in [1.54, 1.807) is 0 Å². The van der Waals surface area contributed by atoms with E-state index in [0.717, 1.165) is 57.6 Å². The molecule has 3 aromatic carbocycles. The summed E-state index contributed by atoms with van der Waals surface area (Å²) in [5, 5.41) is 4.62. The molecular weight excluding hydrogens is 420 g/mol. The van der Waals surface area contributed by atoms with Crippen molar-refractivity contribution in [3.8, 4) is 11.1 Å². The first-order valence-electron chi connectivity index (χ1n) is 12.1. The van der Waals surface area contributed by atoms with Gasteiger partial charge in [0.25, 0.3) is 5.91 Å². The van der Waals surface area contributed by atoms with Crippen molar-refractivity contribution in [2.75, 3.05) is 5.32 Å². The molecule has 0 unspecified atom stereocenters. The number of benzene rings is 3. The molecule has 5 heteroatoms. The highest BCUT2D eigenvalue weighted by Crippen LogP contribution is 2.33. The van der Waals surface area contributed by atoms with E-state index in [9.17, 15) is 4.79 Å². The van der Waals surface area contributed by atoms with Gasteiger partial charge in [-0.2, -0.15) is 0 Å². The van der Waals surface area contributed by atoms with Gasteiger partial charge in [0.15, 0.2) is 0 Å². The van der Waals surface area contributed by atoms with E-state index < -0.39 is 0 Å². The van der Waals surface area contributed by atoms with Crippen molar-refractivity contribution in [3.05, 3.63) is 89.7 Å². The Balaban J connectivity index is 1.30. The number of anilines is 1. The number of aryl methyl sites for hydroxylation is 1. The van der Waals surface area contributed by atoms with Crippen LogP contribution in [0.1, 0.15) is 47.4 Å². The van der Waals surface area contributed by atoms with Gasteiger partial charge < -0.3 is 10.2 Å². The van der Waals surface area contributed by atoms with Crippen molar-refractivity contribution in [2.45, 2.75) is 51.2 Å². The SMILES string of the molecule is Cc1nc(NC2CC2)c2cc(-c3cccc(CN(C(=O)c4ccccc4)C4CC4)c3)ccc2n1. The van der Waals surface area contributed by atoms with E-state index >= 15 is 0 Å². The number of hydrogen-bond donors (Lipinski definition) is 1. The molecule has 0 atom stereocenters. The smallest absolute Gasteiger partial charge is 0.254 e. The lowest BCUT2D eigenvalue weighted by Gasteiger charge is -2.23. The van der Waals surface area contributed by atoms with Gasteiger partial charge in [-0.05, 0) is 79.6 Å². The Morgan fingerprint density at radius 1 is 0.912 bits per heavy atom. The third kappa shape index (κ3) is 4.38. The normalized spacial score (nSPS) is 15.3. The van der Waals surface area contributed by atoms with Gasteiger partial charge in [0.05, 0.1) is 5.52 Å². The molecule has 1 N–H and O–H groups in total. The molecule has 2 saturated carbocycles. The summed E-state index contributed by atoms with van der Waals surface area (Å²) < 4.78 is 0. The van der Waals surface area contributed by atoms with Crippen LogP contribution in [0.2, 0.25) is 0 Å². The summed E-state index contributed by atoms with van der Waals surface area (Å²) in [5.41, 5.74) is 5.13. The highest BCUT2D eigenvalue weighted by atomic mass is 16.2. The fourth-order valence-corrected chi connectivity index (χ4v) is 4.50. The maximum absolute atomic E-state index is 13.2. The number of carbonyl (C=O) groups is 1. The zero-order valence-electron chi connectivity index (χ0n) is 19.4. The second-order valence-electron chi connectivity index (χ2n) is 9.50. The largest absolute Gasteiger partial charge is 0.367 e. The Bertz CT molecular complexity index is 1360. The first kappa shape index (κ1) is 20.8. The Hall–Kier alpha value is -3.73. The average Bonchev–Trinajstić information content (AvgIpc) is 3.78. The highest BCUT2D eigenvalue weighted by Gasteiger charge is 2.33. The van der Waals surface area contributed by atoms with Gasteiger partial charge >= 0.3 is 0 Å². The van der Waals surface area contributed by atoms with E-state index in [-0.39, 0.29) is 5.91 Å². The first-order valence-corrected chi connectivity index (χ1v) is 12.1. The molecule has 2 aliphatic carbocycles. The molecule has 170 valence electrons. The van der Waals surface area contributed by atoms with Crippen LogP contribution in [0.25, 0.3) is 22.0 Å². The molecule has 0 bridgehead atoms. The molecule has 4 aromatic rings. The van der Waals surface area contributed by atoms with Crippen LogP contribution in [0, 0.1) is 6.92 Å². The zero-order valence-corrected chi connectivity index (χ0v) is 19.4. The molecule has 1 heterocycles. The minimum Gasteiger partial charge on any atom is -0.367 e. The standard InChI is InChI=1S/C29H28N4O/c1-19-30-27-15-10-23(17-26(27)28(31-19)32-24-11-12-24)22-9-5-6-20(16-22)18-33(25-13-14-25)29(34)21-7-3-2-4-8-21/h2-10,15-17,24-25H,11-14,18H2,1H3,(H,30,31,32). The van der Waals surface area contributed by atoms with Crippen LogP contribution < -0.4 is 5.32 Å². The highest BCUT2D eigenvalue weighted by molar-refractivity contribution is 5.95. The summed E-state index contributed by atoms with van der Waals surface area (Å²) in [6.07, 6.45) is 4.56. The van der Waals surface area contributed by atoms with Crippen molar-refractivity contribution >= 4 is 22.6 Å². The Labute approximate surface area is 199 Å². The summed E-state index contributed by atoms with van der Waals surface area (Å²) >= 11 is 0. The molecule has 0 aliphatic heterocycles. The lowest BCUT2D eigenvalue weighted by molar-refractivity contribution is 0.0730. The molecule has 0 radical (unpaired) electrons. The maximum atomic E-state index is 13.2. The minimum atomic E-state index is 0.113. The van der Waals surface area contributed by atoms with Gasteiger partial charge in [-0.1, -0.05) is 42.5 Å². The average molecular weight is 449 g/mol. The number of aromatic nitrogens is 2. The zero-order chi connectivity index (χ0) is 23.1. The number of nitrogens with one attached hydrogen (secondary N) is 1. The predicted octanol–water partition coefficient (Wildman–Crippen LogP) is 5.98. The van der Waals surface area contributed by atoms with Gasteiger partial charge in [0, 0.05) is 29.6 Å². The molecule has 6 rings (SSSR count). The predicted molar refractivity (Wildman–Crippen MR) is 136 cm³/mol. The second kappa shape index (κ2) is 8.56. The molecule has 34 heavy (non-hydrogen) atoms. The summed E-state index contributed by atoms with van der Waals surface area (Å²) in [6.45, 7) is 2.56. The van der Waals surface area contributed by atoms with Crippen LogP contribution >= 0.6 is 0 Å². The molecular formula is C29H28N4O. The number of nitrogens with zero attached hydrogens (tertiary/aromatic N) is 3. The number of rotatable bonds is 7. The summed E-state index contributed by atoms with van der Waals surface area (Å²) in [7, 11) is 0. The van der Waals surface area contributed by atoms with Gasteiger partial charge in [-0.25, -0.2) is 9.97 Å². The lowest BCUT2D eigenvalue weighted by atomic mass is 10.0. The van der Waals surface area contributed by atoms with Crippen LogP contribution in [0.4, 0.5) is 5.82 Å². The monoisotopic (exact) mass is 448 g/mol. The van der Waals surface area contributed by atoms with Gasteiger partial charge in [0.1, 0.15) is 11.6 Å². The second-order valence-corrected chi connectivity index (χ2v) is 9.50. The summed E-state index contributed by atoms with van der Waals surface area (Å²) in [5.74, 6) is 1.83. The topological polar surface area (TPSA) is 58.1 Å². The molecule has 0 spiro atoms. The van der Waals surface area contributed by atoms with Crippen molar-refractivity contribution in [1.82, 2.24) is 14.9 Å². The minimum absolute atomic E-state index is 0.113. The molecule has 5 nitrogen and oxygen atoms in total. The number of amides is 1. The number of fused-ring (bicyclic) bond motifs is 1. The maximum Gasteiger partial charge on any atom is 0.254 e. The lowest BCUT2D eigenvalue weighted by Crippen LogP contribution is -2.32. The van der Waals surface area contributed by atoms with E-state index in [1.807, 2.05) is 42.2 Å². The quantitative estimate of drug-likeness (QED) is 0.378. The Morgan fingerprint density at radius 3 is 2.47 bits per heavy atom. The van der Waals surface area contributed by atoms with Crippen LogP contribution in [-0.2, 0) is 6.54 Å². The third-order valence-corrected chi connectivity index (χ3v) is 6.61. The van der Waals surface area contributed by atoms with E-state index in [2.05, 4.69) is 57.7 Å². The van der Waals surface area contributed by atoms with E-state index in [0.29, 0.717) is 18.6 Å². The number of carbonyl (C=O) groups excluding carboxylic acids is 1. The molecule has 2 fully saturated rings. The van der Waals surface area contributed by atoms with E-state index in [1.165, 1.54) is 12.8 Å². The molecule has 1 aromatic heterocycles. The van der Waals surface area contributed by atoms with E-state index in [4.69, 9.17) is 0 Å². The van der Waals surface area contributed by atoms with Crippen LogP contribution in [0.3, 0.4) is 0 Å². The van der Waals surface area contributed by atoms with Crippen molar-refractivity contribution in [1.29, 1.82) is 0 Å². The fraction of sp³-hybridized carbons (Fsp3) is 0.276. The van der Waals surface area contributed by atoms with Crippen molar-refractivity contribution < 1.29 is 4.79 Å². The Kier molecular flexibility index (Phi) is 5.25. The molecule has 0 saturated heterocycles. The van der Waals surface area contributed by atoms with Gasteiger partial charge in [-0.15, -0.1) is 0 Å². The van der Waals surface area contributed by atoms with Crippen LogP contribution in [0.15, 0.2) is 72.8 Å².